The van der Waals surface area contributed by atoms with Gasteiger partial charge in [-0.15, -0.1) is 11.3 Å². The van der Waals surface area contributed by atoms with Crippen LogP contribution in [0.25, 0.3) is 0 Å². The molecule has 15 heavy (non-hydrogen) atoms. The lowest BCUT2D eigenvalue weighted by molar-refractivity contribution is -0.147. The fraction of sp³-hybridized carbons (Fsp3) is 0.600. The third-order valence-electron chi connectivity index (χ3n) is 2.15. The van der Waals surface area contributed by atoms with E-state index in [0.717, 1.165) is 4.88 Å². The summed E-state index contributed by atoms with van der Waals surface area (Å²) in [5.41, 5.74) is 1.09. The molecule has 1 aromatic rings. The number of thiazole rings is 1. The largest absolute Gasteiger partial charge is 0.468 e. The van der Waals surface area contributed by atoms with Crippen LogP contribution in [0.4, 0.5) is 0 Å². The van der Waals surface area contributed by atoms with E-state index in [1.165, 1.54) is 7.11 Å². The van der Waals surface area contributed by atoms with Crippen molar-refractivity contribution in [3.63, 3.8) is 0 Å². The van der Waals surface area contributed by atoms with Gasteiger partial charge in [0.05, 0.1) is 12.6 Å². The van der Waals surface area contributed by atoms with E-state index >= 15 is 0 Å². The monoisotopic (exact) mass is 228 g/mol. The summed E-state index contributed by atoms with van der Waals surface area (Å²) < 4.78 is 4.72. The van der Waals surface area contributed by atoms with Gasteiger partial charge in [-0.05, 0) is 20.8 Å². The van der Waals surface area contributed by atoms with Crippen molar-refractivity contribution < 1.29 is 9.53 Å². The van der Waals surface area contributed by atoms with Crippen LogP contribution in [0.5, 0.6) is 0 Å². The van der Waals surface area contributed by atoms with Crippen molar-refractivity contribution in [1.29, 1.82) is 0 Å². The number of nitrogens with zero attached hydrogens (tertiary/aromatic N) is 1. The first-order valence-electron chi connectivity index (χ1n) is 4.72. The highest BCUT2D eigenvalue weighted by atomic mass is 32.1. The Morgan fingerprint density at radius 1 is 1.67 bits per heavy atom. The number of esters is 1. The number of rotatable bonds is 4. The fourth-order valence-electron chi connectivity index (χ4n) is 1.37. The SMILES string of the molecule is COC(=O)C(C)(C)NC(C)c1cncs1. The highest BCUT2D eigenvalue weighted by Gasteiger charge is 2.30. The third kappa shape index (κ3) is 3.00. The van der Waals surface area contributed by atoms with E-state index in [1.807, 2.05) is 6.92 Å². The molecule has 1 heterocycles. The maximum atomic E-state index is 11.4. The van der Waals surface area contributed by atoms with Crippen LogP contribution in [-0.4, -0.2) is 23.6 Å². The van der Waals surface area contributed by atoms with Gasteiger partial charge in [0, 0.05) is 17.1 Å². The van der Waals surface area contributed by atoms with Gasteiger partial charge in [-0.25, -0.2) is 0 Å². The van der Waals surface area contributed by atoms with Gasteiger partial charge < -0.3 is 4.74 Å². The molecular weight excluding hydrogens is 212 g/mol. The minimum Gasteiger partial charge on any atom is -0.468 e. The topological polar surface area (TPSA) is 51.2 Å². The molecule has 1 N–H and O–H groups in total. The van der Waals surface area contributed by atoms with Crippen LogP contribution >= 0.6 is 11.3 Å². The Bertz CT molecular complexity index is 322. The predicted octanol–water partition coefficient (Wildman–Crippen LogP) is 1.75. The molecule has 0 aliphatic carbocycles. The molecular formula is C10H16N2O2S. The second kappa shape index (κ2) is 4.72. The summed E-state index contributed by atoms with van der Waals surface area (Å²) in [4.78, 5) is 16.5. The molecule has 1 aromatic heterocycles. The van der Waals surface area contributed by atoms with Gasteiger partial charge in [0.2, 0.25) is 0 Å². The lowest BCUT2D eigenvalue weighted by Gasteiger charge is -2.26. The number of carbonyl (C=O) groups excluding carboxylic acids is 1. The Balaban J connectivity index is 2.65. The van der Waals surface area contributed by atoms with E-state index < -0.39 is 5.54 Å². The summed E-state index contributed by atoms with van der Waals surface area (Å²) >= 11 is 1.57. The number of methoxy groups -OCH3 is 1. The van der Waals surface area contributed by atoms with Crippen LogP contribution in [0.15, 0.2) is 11.7 Å². The average Bonchev–Trinajstić information content (AvgIpc) is 2.68. The summed E-state index contributed by atoms with van der Waals surface area (Å²) in [5, 5.41) is 3.21. The molecule has 0 aliphatic rings. The van der Waals surface area contributed by atoms with Gasteiger partial charge in [-0.2, -0.15) is 0 Å². The molecule has 0 aromatic carbocycles. The van der Waals surface area contributed by atoms with Gasteiger partial charge in [-0.3, -0.25) is 15.1 Å². The second-order valence-electron chi connectivity index (χ2n) is 3.89. The predicted molar refractivity (Wildman–Crippen MR) is 59.8 cm³/mol. The van der Waals surface area contributed by atoms with Crippen molar-refractivity contribution in [3.05, 3.63) is 16.6 Å². The molecule has 0 fully saturated rings. The maximum Gasteiger partial charge on any atom is 0.325 e. The van der Waals surface area contributed by atoms with Crippen LogP contribution in [0.2, 0.25) is 0 Å². The molecule has 1 rings (SSSR count). The normalized spacial score (nSPS) is 13.6. The minimum atomic E-state index is -0.682. The standard InChI is InChI=1S/C10H16N2O2S/c1-7(8-5-11-6-15-8)12-10(2,3)9(13)14-4/h5-7,12H,1-4H3. The minimum absolute atomic E-state index is 0.0894. The van der Waals surface area contributed by atoms with Gasteiger partial charge >= 0.3 is 5.97 Å². The van der Waals surface area contributed by atoms with Crippen molar-refractivity contribution in [2.45, 2.75) is 32.4 Å². The lowest BCUT2D eigenvalue weighted by atomic mass is 10.0. The van der Waals surface area contributed by atoms with E-state index in [4.69, 9.17) is 4.74 Å². The average molecular weight is 228 g/mol. The third-order valence-corrected chi connectivity index (χ3v) is 3.11. The number of carbonyl (C=O) groups is 1. The molecule has 0 saturated heterocycles. The Kier molecular flexibility index (Phi) is 3.82. The van der Waals surface area contributed by atoms with Gasteiger partial charge in [0.15, 0.2) is 0 Å². The molecule has 0 aliphatic heterocycles. The van der Waals surface area contributed by atoms with E-state index in [-0.39, 0.29) is 12.0 Å². The zero-order chi connectivity index (χ0) is 11.5. The summed E-state index contributed by atoms with van der Waals surface area (Å²) in [7, 11) is 1.39. The molecule has 1 atom stereocenters. The molecule has 84 valence electrons. The molecule has 0 bridgehead atoms. The first-order valence-corrected chi connectivity index (χ1v) is 5.60. The van der Waals surface area contributed by atoms with Crippen molar-refractivity contribution in [1.82, 2.24) is 10.3 Å². The van der Waals surface area contributed by atoms with Gasteiger partial charge in [0.1, 0.15) is 5.54 Å². The highest BCUT2D eigenvalue weighted by Crippen LogP contribution is 2.20. The summed E-state index contributed by atoms with van der Waals surface area (Å²) in [6.45, 7) is 5.60. The first kappa shape index (κ1) is 12.1. The summed E-state index contributed by atoms with van der Waals surface area (Å²) in [6, 6.07) is 0.0894. The molecule has 0 saturated carbocycles. The van der Waals surface area contributed by atoms with Crippen LogP contribution in [0.3, 0.4) is 0 Å². The van der Waals surface area contributed by atoms with Crippen molar-refractivity contribution in [3.8, 4) is 0 Å². The fourth-order valence-corrected chi connectivity index (χ4v) is 1.99. The van der Waals surface area contributed by atoms with Gasteiger partial charge in [-0.1, -0.05) is 0 Å². The smallest absolute Gasteiger partial charge is 0.325 e. The Labute approximate surface area is 93.7 Å². The van der Waals surface area contributed by atoms with Crippen molar-refractivity contribution in [2.24, 2.45) is 0 Å². The van der Waals surface area contributed by atoms with E-state index in [0.29, 0.717) is 0 Å². The molecule has 0 radical (unpaired) electrons. The second-order valence-corrected chi connectivity index (χ2v) is 4.80. The molecule has 4 nitrogen and oxygen atoms in total. The summed E-state index contributed by atoms with van der Waals surface area (Å²) in [6.07, 6.45) is 1.80. The molecule has 5 heteroatoms. The highest BCUT2D eigenvalue weighted by molar-refractivity contribution is 7.09. The van der Waals surface area contributed by atoms with Crippen LogP contribution in [0, 0.1) is 0 Å². The number of aromatic nitrogens is 1. The van der Waals surface area contributed by atoms with E-state index in [9.17, 15) is 4.79 Å². The first-order chi connectivity index (χ1) is 6.97. The molecule has 1 unspecified atom stereocenters. The quantitative estimate of drug-likeness (QED) is 0.798. The van der Waals surface area contributed by atoms with Crippen LogP contribution < -0.4 is 5.32 Å². The van der Waals surface area contributed by atoms with Crippen LogP contribution in [0.1, 0.15) is 31.7 Å². The number of ether oxygens (including phenoxy) is 1. The number of nitrogens with one attached hydrogen (secondary N) is 1. The van der Waals surface area contributed by atoms with Crippen LogP contribution in [-0.2, 0) is 9.53 Å². The van der Waals surface area contributed by atoms with E-state index in [2.05, 4.69) is 10.3 Å². The zero-order valence-corrected chi connectivity index (χ0v) is 10.2. The Morgan fingerprint density at radius 3 is 2.80 bits per heavy atom. The Hall–Kier alpha value is -0.940. The zero-order valence-electron chi connectivity index (χ0n) is 9.40. The number of hydrogen-bond acceptors (Lipinski definition) is 5. The maximum absolute atomic E-state index is 11.4. The molecule has 0 amide bonds. The van der Waals surface area contributed by atoms with E-state index in [1.54, 1.807) is 36.9 Å². The lowest BCUT2D eigenvalue weighted by Crippen LogP contribution is -2.48. The number of hydrogen-bond donors (Lipinski definition) is 1. The van der Waals surface area contributed by atoms with Crippen molar-refractivity contribution in [2.75, 3.05) is 7.11 Å². The van der Waals surface area contributed by atoms with Crippen molar-refractivity contribution >= 4 is 17.3 Å². The molecule has 0 spiro atoms. The van der Waals surface area contributed by atoms with Gasteiger partial charge in [0.25, 0.3) is 0 Å². The summed E-state index contributed by atoms with van der Waals surface area (Å²) in [5.74, 6) is -0.265. The Morgan fingerprint density at radius 2 is 2.33 bits per heavy atom.